The monoisotopic (exact) mass is 453 g/mol. The van der Waals surface area contributed by atoms with Gasteiger partial charge in [0.05, 0.1) is 17.6 Å². The summed E-state index contributed by atoms with van der Waals surface area (Å²) >= 11 is 1.52. The summed E-state index contributed by atoms with van der Waals surface area (Å²) in [6.45, 7) is 4.22. The van der Waals surface area contributed by atoms with E-state index in [0.717, 1.165) is 40.5 Å². The van der Waals surface area contributed by atoms with Crippen molar-refractivity contribution in [1.29, 1.82) is 0 Å². The average molecular weight is 454 g/mol. The molecule has 1 fully saturated rings. The maximum absolute atomic E-state index is 13.8. The van der Waals surface area contributed by atoms with Crippen LogP contribution in [0.5, 0.6) is 5.75 Å². The maximum atomic E-state index is 13.8. The molecule has 0 N–H and O–H groups in total. The number of halogens is 1. The molecule has 6 heteroatoms. The van der Waals surface area contributed by atoms with E-state index in [1.54, 1.807) is 12.1 Å². The van der Waals surface area contributed by atoms with Crippen molar-refractivity contribution in [1.82, 2.24) is 4.90 Å². The SMILES string of the molecule is Cc1ccc(C(=O)N(Cc2cccc(OCCc3ccccc3F)c2)C[C@@H]2CCCO2)s1. The smallest absolute Gasteiger partial charge is 0.264 e. The minimum absolute atomic E-state index is 0.0319. The second-order valence-electron chi connectivity index (χ2n) is 8.07. The lowest BCUT2D eigenvalue weighted by molar-refractivity contribution is 0.0510. The Morgan fingerprint density at radius 1 is 1.19 bits per heavy atom. The molecule has 2 heterocycles. The quantitative estimate of drug-likeness (QED) is 0.421. The van der Waals surface area contributed by atoms with E-state index in [4.69, 9.17) is 9.47 Å². The minimum Gasteiger partial charge on any atom is -0.493 e. The van der Waals surface area contributed by atoms with Crippen LogP contribution >= 0.6 is 11.3 Å². The highest BCUT2D eigenvalue weighted by atomic mass is 32.1. The zero-order chi connectivity index (χ0) is 22.3. The Hall–Kier alpha value is -2.70. The van der Waals surface area contributed by atoms with Gasteiger partial charge in [0, 0.05) is 31.0 Å². The zero-order valence-corrected chi connectivity index (χ0v) is 19.1. The van der Waals surface area contributed by atoms with Crippen LogP contribution in [0, 0.1) is 12.7 Å². The molecule has 4 nitrogen and oxygen atoms in total. The summed E-state index contributed by atoms with van der Waals surface area (Å²) in [6.07, 6.45) is 2.60. The van der Waals surface area contributed by atoms with E-state index >= 15 is 0 Å². The number of ether oxygens (including phenoxy) is 2. The number of amides is 1. The molecule has 0 spiro atoms. The zero-order valence-electron chi connectivity index (χ0n) is 18.3. The first-order chi connectivity index (χ1) is 15.6. The Morgan fingerprint density at radius 2 is 2.06 bits per heavy atom. The molecular weight excluding hydrogens is 425 g/mol. The van der Waals surface area contributed by atoms with Crippen LogP contribution in [0.3, 0.4) is 0 Å². The molecule has 0 aliphatic carbocycles. The van der Waals surface area contributed by atoms with Gasteiger partial charge < -0.3 is 14.4 Å². The number of thiophene rings is 1. The molecule has 2 aromatic carbocycles. The molecule has 4 rings (SSSR count). The third-order valence-electron chi connectivity index (χ3n) is 5.56. The number of rotatable bonds is 9. The van der Waals surface area contributed by atoms with Gasteiger partial charge in [-0.2, -0.15) is 0 Å². The minimum atomic E-state index is -0.211. The number of carbonyl (C=O) groups excluding carboxylic acids is 1. The summed E-state index contributed by atoms with van der Waals surface area (Å²) in [4.78, 5) is 17.0. The van der Waals surface area contributed by atoms with Gasteiger partial charge in [0.15, 0.2) is 0 Å². The van der Waals surface area contributed by atoms with Gasteiger partial charge >= 0.3 is 0 Å². The van der Waals surface area contributed by atoms with Crippen LogP contribution in [0.2, 0.25) is 0 Å². The summed E-state index contributed by atoms with van der Waals surface area (Å²) in [5.74, 6) is 0.539. The Balaban J connectivity index is 1.42. The van der Waals surface area contributed by atoms with E-state index in [9.17, 15) is 9.18 Å². The first-order valence-corrected chi connectivity index (χ1v) is 11.8. The topological polar surface area (TPSA) is 38.8 Å². The van der Waals surface area contributed by atoms with Gasteiger partial charge in [0.2, 0.25) is 0 Å². The van der Waals surface area contributed by atoms with Gasteiger partial charge in [0.25, 0.3) is 5.91 Å². The van der Waals surface area contributed by atoms with Gasteiger partial charge in [-0.3, -0.25) is 4.79 Å². The molecule has 1 atom stereocenters. The molecule has 1 aromatic heterocycles. The average Bonchev–Trinajstić information content (AvgIpc) is 3.46. The predicted molar refractivity (Wildman–Crippen MR) is 125 cm³/mol. The summed E-state index contributed by atoms with van der Waals surface area (Å²) < 4.78 is 25.5. The van der Waals surface area contributed by atoms with Gasteiger partial charge in [-0.1, -0.05) is 30.3 Å². The van der Waals surface area contributed by atoms with Gasteiger partial charge in [-0.25, -0.2) is 4.39 Å². The van der Waals surface area contributed by atoms with Gasteiger partial charge in [-0.15, -0.1) is 11.3 Å². The van der Waals surface area contributed by atoms with Crippen LogP contribution in [0.25, 0.3) is 0 Å². The molecule has 1 amide bonds. The largest absolute Gasteiger partial charge is 0.493 e. The lowest BCUT2D eigenvalue weighted by Crippen LogP contribution is -2.36. The van der Waals surface area contributed by atoms with Crippen molar-refractivity contribution < 1.29 is 18.7 Å². The molecule has 32 heavy (non-hydrogen) atoms. The highest BCUT2D eigenvalue weighted by Crippen LogP contribution is 2.23. The second-order valence-corrected chi connectivity index (χ2v) is 9.36. The third kappa shape index (κ3) is 5.96. The Morgan fingerprint density at radius 3 is 2.81 bits per heavy atom. The number of hydrogen-bond donors (Lipinski definition) is 0. The van der Waals surface area contributed by atoms with Crippen LogP contribution in [0.15, 0.2) is 60.7 Å². The number of hydrogen-bond acceptors (Lipinski definition) is 4. The van der Waals surface area contributed by atoms with Crippen LogP contribution in [-0.2, 0) is 17.7 Å². The van der Waals surface area contributed by atoms with E-state index in [-0.39, 0.29) is 17.8 Å². The summed E-state index contributed by atoms with van der Waals surface area (Å²) in [5.41, 5.74) is 1.64. The van der Waals surface area contributed by atoms with Gasteiger partial charge in [-0.05, 0) is 61.2 Å². The van der Waals surface area contributed by atoms with E-state index in [2.05, 4.69) is 0 Å². The molecule has 1 aliphatic rings. The standard InChI is InChI=1S/C26H28FNO3S/c1-19-11-12-25(32-19)26(29)28(18-23-9-5-14-30-23)17-20-6-4-8-22(16-20)31-15-13-21-7-2-3-10-24(21)27/h2-4,6-8,10-12,16,23H,5,9,13-15,17-18H2,1H3/t23-/m0/s1. The predicted octanol–water partition coefficient (Wildman–Crippen LogP) is 5.64. The number of carbonyl (C=O) groups is 1. The van der Waals surface area contributed by atoms with Crippen molar-refractivity contribution >= 4 is 17.2 Å². The van der Waals surface area contributed by atoms with Crippen LogP contribution in [0.4, 0.5) is 4.39 Å². The van der Waals surface area contributed by atoms with Crippen molar-refractivity contribution in [2.24, 2.45) is 0 Å². The van der Waals surface area contributed by atoms with Crippen molar-refractivity contribution in [3.8, 4) is 5.75 Å². The van der Waals surface area contributed by atoms with E-state index in [1.165, 1.54) is 17.4 Å². The van der Waals surface area contributed by atoms with Gasteiger partial charge in [0.1, 0.15) is 11.6 Å². The van der Waals surface area contributed by atoms with E-state index in [1.807, 2.05) is 54.3 Å². The number of benzene rings is 2. The van der Waals surface area contributed by atoms with E-state index < -0.39 is 0 Å². The second kappa shape index (κ2) is 10.7. The molecular formula is C26H28FNO3S. The fraction of sp³-hybridized carbons (Fsp3) is 0.346. The Kier molecular flexibility index (Phi) is 7.55. The van der Waals surface area contributed by atoms with Crippen LogP contribution in [0.1, 0.15) is 38.5 Å². The maximum Gasteiger partial charge on any atom is 0.264 e. The van der Waals surface area contributed by atoms with E-state index in [0.29, 0.717) is 31.7 Å². The highest BCUT2D eigenvalue weighted by Gasteiger charge is 2.24. The van der Waals surface area contributed by atoms with Crippen LogP contribution < -0.4 is 4.74 Å². The summed E-state index contributed by atoms with van der Waals surface area (Å²) in [5, 5.41) is 0. The summed E-state index contributed by atoms with van der Waals surface area (Å²) in [6, 6.07) is 18.4. The highest BCUT2D eigenvalue weighted by molar-refractivity contribution is 7.13. The fourth-order valence-electron chi connectivity index (χ4n) is 3.89. The first-order valence-electron chi connectivity index (χ1n) is 11.0. The molecule has 0 unspecified atom stereocenters. The molecule has 1 aliphatic heterocycles. The lowest BCUT2D eigenvalue weighted by atomic mass is 10.1. The first kappa shape index (κ1) is 22.5. The lowest BCUT2D eigenvalue weighted by Gasteiger charge is -2.25. The Bertz CT molecular complexity index is 1040. The molecule has 0 radical (unpaired) electrons. The molecule has 0 saturated carbocycles. The number of nitrogens with zero attached hydrogens (tertiary/aromatic N) is 1. The molecule has 3 aromatic rings. The Labute approximate surface area is 192 Å². The fourth-order valence-corrected chi connectivity index (χ4v) is 4.73. The van der Waals surface area contributed by atoms with Crippen LogP contribution in [-0.4, -0.2) is 36.7 Å². The van der Waals surface area contributed by atoms with Crippen molar-refractivity contribution in [3.05, 3.63) is 87.4 Å². The van der Waals surface area contributed by atoms with Crippen molar-refractivity contribution in [2.75, 3.05) is 19.8 Å². The normalized spacial score (nSPS) is 15.6. The molecule has 168 valence electrons. The molecule has 0 bridgehead atoms. The van der Waals surface area contributed by atoms with Crippen molar-refractivity contribution in [3.63, 3.8) is 0 Å². The summed E-state index contributed by atoms with van der Waals surface area (Å²) in [7, 11) is 0. The third-order valence-corrected chi connectivity index (χ3v) is 6.54. The van der Waals surface area contributed by atoms with Crippen molar-refractivity contribution in [2.45, 2.75) is 38.8 Å². The number of aryl methyl sites for hydroxylation is 1. The molecule has 1 saturated heterocycles.